The van der Waals surface area contributed by atoms with Crippen LogP contribution in [0.5, 0.6) is 11.5 Å². The second-order valence-electron chi connectivity index (χ2n) is 8.39. The molecular formula is C22H28N2O4S. The van der Waals surface area contributed by atoms with Crippen molar-refractivity contribution in [2.45, 2.75) is 40.0 Å². The van der Waals surface area contributed by atoms with Crippen molar-refractivity contribution in [1.29, 1.82) is 0 Å². The van der Waals surface area contributed by atoms with Gasteiger partial charge >= 0.3 is 0 Å². The van der Waals surface area contributed by atoms with Gasteiger partial charge < -0.3 is 20.5 Å². The van der Waals surface area contributed by atoms with Gasteiger partial charge in [0.2, 0.25) is 0 Å². The van der Waals surface area contributed by atoms with Crippen LogP contribution in [0.4, 0.5) is 5.00 Å². The first kappa shape index (κ1) is 21.2. The molecule has 3 rings (SSSR count). The molecule has 0 aliphatic heterocycles. The van der Waals surface area contributed by atoms with Gasteiger partial charge in [0.15, 0.2) is 6.61 Å². The van der Waals surface area contributed by atoms with E-state index >= 15 is 0 Å². The van der Waals surface area contributed by atoms with E-state index in [1.54, 1.807) is 31.4 Å². The Morgan fingerprint density at radius 1 is 1.21 bits per heavy atom. The molecule has 0 saturated heterocycles. The Kier molecular flexibility index (Phi) is 6.17. The molecule has 0 radical (unpaired) electrons. The largest absolute Gasteiger partial charge is 0.497 e. The van der Waals surface area contributed by atoms with Crippen molar-refractivity contribution in [2.24, 2.45) is 17.1 Å². The Morgan fingerprint density at radius 3 is 2.45 bits per heavy atom. The SMILES string of the molecule is COc1ccc(OCC(=O)Nc2sc3c(c2C(N)=O)CC[C@@H](C(C)(C)C)C3)cc1. The number of nitrogens with two attached hydrogens (primary N) is 1. The number of carbonyl (C=O) groups is 2. The molecule has 7 heteroatoms. The number of fused-ring (bicyclic) bond motifs is 1. The van der Waals surface area contributed by atoms with Gasteiger partial charge in [0.1, 0.15) is 16.5 Å². The van der Waals surface area contributed by atoms with Crippen molar-refractivity contribution in [3.05, 3.63) is 40.3 Å². The summed E-state index contributed by atoms with van der Waals surface area (Å²) in [5.41, 5.74) is 7.29. The van der Waals surface area contributed by atoms with Crippen LogP contribution in [0.3, 0.4) is 0 Å². The zero-order valence-electron chi connectivity index (χ0n) is 17.3. The van der Waals surface area contributed by atoms with Crippen LogP contribution in [-0.4, -0.2) is 25.5 Å². The van der Waals surface area contributed by atoms with Crippen molar-refractivity contribution in [3.8, 4) is 11.5 Å². The lowest BCUT2D eigenvalue weighted by atomic mass is 9.72. The van der Waals surface area contributed by atoms with E-state index in [4.69, 9.17) is 15.2 Å². The fourth-order valence-electron chi connectivity index (χ4n) is 3.66. The molecule has 1 heterocycles. The van der Waals surface area contributed by atoms with Gasteiger partial charge in [-0.1, -0.05) is 20.8 Å². The fraction of sp³-hybridized carbons (Fsp3) is 0.455. The molecule has 156 valence electrons. The third-order valence-electron chi connectivity index (χ3n) is 5.42. The second-order valence-corrected chi connectivity index (χ2v) is 9.50. The maximum absolute atomic E-state index is 12.4. The topological polar surface area (TPSA) is 90.7 Å². The zero-order chi connectivity index (χ0) is 21.2. The Bertz CT molecular complexity index is 897. The minimum Gasteiger partial charge on any atom is -0.497 e. The number of primary amides is 1. The van der Waals surface area contributed by atoms with Gasteiger partial charge in [-0.2, -0.15) is 0 Å². The van der Waals surface area contributed by atoms with E-state index in [2.05, 4.69) is 26.1 Å². The summed E-state index contributed by atoms with van der Waals surface area (Å²) in [6.45, 7) is 6.57. The van der Waals surface area contributed by atoms with Crippen LogP contribution in [0, 0.1) is 11.3 Å². The summed E-state index contributed by atoms with van der Waals surface area (Å²) < 4.78 is 10.6. The standard InChI is InChI=1S/C22H28N2O4S/c1-22(2,3)13-5-10-16-17(11-13)29-21(19(16)20(23)26)24-18(25)12-28-15-8-6-14(27-4)7-9-15/h6-9,13H,5,10-12H2,1-4H3,(H2,23,26)(H,24,25)/t13-/m1/s1. The number of nitrogens with one attached hydrogen (secondary N) is 1. The van der Waals surface area contributed by atoms with Gasteiger partial charge in [-0.05, 0) is 60.4 Å². The van der Waals surface area contributed by atoms with Crippen molar-refractivity contribution >= 4 is 28.2 Å². The lowest BCUT2D eigenvalue weighted by Gasteiger charge is -2.33. The number of carbonyl (C=O) groups excluding carboxylic acids is 2. The summed E-state index contributed by atoms with van der Waals surface area (Å²) in [5, 5.41) is 3.35. The van der Waals surface area contributed by atoms with E-state index in [0.717, 1.165) is 29.7 Å². The molecule has 2 aromatic rings. The molecule has 1 aliphatic rings. The third kappa shape index (κ3) is 4.90. The normalized spacial score (nSPS) is 16.1. The van der Waals surface area contributed by atoms with Crippen LogP contribution in [0.25, 0.3) is 0 Å². The van der Waals surface area contributed by atoms with Crippen molar-refractivity contribution in [1.82, 2.24) is 0 Å². The Morgan fingerprint density at radius 2 is 1.86 bits per heavy atom. The quantitative estimate of drug-likeness (QED) is 0.744. The first-order valence-electron chi connectivity index (χ1n) is 9.70. The van der Waals surface area contributed by atoms with Gasteiger partial charge in [-0.15, -0.1) is 11.3 Å². The highest BCUT2D eigenvalue weighted by molar-refractivity contribution is 7.17. The molecule has 0 saturated carbocycles. The molecule has 1 atom stereocenters. The number of methoxy groups -OCH3 is 1. The van der Waals surface area contributed by atoms with Crippen LogP contribution < -0.4 is 20.5 Å². The number of thiophene rings is 1. The predicted octanol–water partition coefficient (Wildman–Crippen LogP) is 4.02. The number of benzene rings is 1. The summed E-state index contributed by atoms with van der Waals surface area (Å²) in [6.07, 6.45) is 2.73. The van der Waals surface area contributed by atoms with Gasteiger partial charge in [-0.25, -0.2) is 0 Å². The smallest absolute Gasteiger partial charge is 0.262 e. The summed E-state index contributed by atoms with van der Waals surface area (Å²) in [7, 11) is 1.59. The third-order valence-corrected chi connectivity index (χ3v) is 6.59. The van der Waals surface area contributed by atoms with E-state index < -0.39 is 5.91 Å². The Balaban J connectivity index is 1.70. The molecule has 0 spiro atoms. The average molecular weight is 417 g/mol. The molecule has 1 aromatic carbocycles. The van der Waals surface area contributed by atoms with Crippen LogP contribution in [0.15, 0.2) is 24.3 Å². The van der Waals surface area contributed by atoms with Gasteiger partial charge in [0.25, 0.3) is 11.8 Å². The van der Waals surface area contributed by atoms with Crippen LogP contribution in [0.2, 0.25) is 0 Å². The predicted molar refractivity (Wildman–Crippen MR) is 115 cm³/mol. The lowest BCUT2D eigenvalue weighted by Crippen LogP contribution is -2.27. The van der Waals surface area contributed by atoms with Crippen LogP contribution in [0.1, 0.15) is 48.0 Å². The number of ether oxygens (including phenoxy) is 2. The molecule has 3 N–H and O–H groups in total. The van der Waals surface area contributed by atoms with E-state index in [1.807, 2.05) is 0 Å². The van der Waals surface area contributed by atoms with E-state index in [9.17, 15) is 9.59 Å². The molecule has 29 heavy (non-hydrogen) atoms. The summed E-state index contributed by atoms with van der Waals surface area (Å²) in [5.74, 6) is 0.994. The molecule has 1 aromatic heterocycles. The highest BCUT2D eigenvalue weighted by Crippen LogP contribution is 2.44. The molecule has 6 nitrogen and oxygen atoms in total. The maximum Gasteiger partial charge on any atom is 0.262 e. The highest BCUT2D eigenvalue weighted by Gasteiger charge is 2.33. The number of anilines is 1. The molecule has 2 amide bonds. The monoisotopic (exact) mass is 416 g/mol. The lowest BCUT2D eigenvalue weighted by molar-refractivity contribution is -0.118. The minimum absolute atomic E-state index is 0.155. The summed E-state index contributed by atoms with van der Waals surface area (Å²) >= 11 is 1.46. The Labute approximate surface area is 175 Å². The highest BCUT2D eigenvalue weighted by atomic mass is 32.1. The average Bonchev–Trinajstić information content (AvgIpc) is 3.03. The Hall–Kier alpha value is -2.54. The van der Waals surface area contributed by atoms with Crippen molar-refractivity contribution in [2.75, 3.05) is 19.0 Å². The number of hydrogen-bond acceptors (Lipinski definition) is 5. The number of amides is 2. The van der Waals surface area contributed by atoms with Gasteiger partial charge in [0.05, 0.1) is 12.7 Å². The van der Waals surface area contributed by atoms with Crippen molar-refractivity contribution < 1.29 is 19.1 Å². The first-order valence-corrected chi connectivity index (χ1v) is 10.5. The second kappa shape index (κ2) is 8.45. The molecule has 0 fully saturated rings. The van der Waals surface area contributed by atoms with Crippen molar-refractivity contribution in [3.63, 3.8) is 0 Å². The van der Waals surface area contributed by atoms with Crippen LogP contribution >= 0.6 is 11.3 Å². The first-order chi connectivity index (χ1) is 13.7. The number of hydrogen-bond donors (Lipinski definition) is 2. The molecule has 0 bridgehead atoms. The van der Waals surface area contributed by atoms with E-state index in [0.29, 0.717) is 28.0 Å². The zero-order valence-corrected chi connectivity index (χ0v) is 18.2. The minimum atomic E-state index is -0.497. The maximum atomic E-state index is 12.4. The van der Waals surface area contributed by atoms with E-state index in [-0.39, 0.29) is 17.9 Å². The summed E-state index contributed by atoms with van der Waals surface area (Å²) in [6, 6.07) is 6.99. The van der Waals surface area contributed by atoms with E-state index in [1.165, 1.54) is 11.3 Å². The molecular weight excluding hydrogens is 388 g/mol. The fourth-order valence-corrected chi connectivity index (χ4v) is 5.01. The summed E-state index contributed by atoms with van der Waals surface area (Å²) in [4.78, 5) is 25.7. The van der Waals surface area contributed by atoms with Crippen LogP contribution in [-0.2, 0) is 17.6 Å². The molecule has 1 aliphatic carbocycles. The van der Waals surface area contributed by atoms with Gasteiger partial charge in [-0.3, -0.25) is 9.59 Å². The number of rotatable bonds is 6. The van der Waals surface area contributed by atoms with Gasteiger partial charge in [0, 0.05) is 4.88 Å². The molecule has 0 unspecified atom stereocenters.